The smallest absolute Gasteiger partial charge is 0.257 e. The molecule has 1 aromatic heterocycles. The van der Waals surface area contributed by atoms with E-state index in [2.05, 4.69) is 15.6 Å². The minimum atomic E-state index is -0.687. The number of phenols is 1. The Bertz CT molecular complexity index is 1090. The third-order valence-corrected chi connectivity index (χ3v) is 4.41. The number of aromatic hydroxyl groups is 1. The molecule has 0 fully saturated rings. The van der Waals surface area contributed by atoms with Crippen LogP contribution in [0.5, 0.6) is 5.75 Å². The Hall–Kier alpha value is -3.68. The lowest BCUT2D eigenvalue weighted by molar-refractivity contribution is 0.0824. The molecule has 0 aliphatic carbocycles. The van der Waals surface area contributed by atoms with Gasteiger partial charge in [0.1, 0.15) is 11.4 Å². The number of amides is 1. The number of carbonyl (C=O) groups excluding carboxylic acids is 1. The van der Waals surface area contributed by atoms with E-state index in [9.17, 15) is 19.5 Å². The van der Waals surface area contributed by atoms with Gasteiger partial charge in [-0.25, -0.2) is 0 Å². The molecule has 28 heavy (non-hydrogen) atoms. The van der Waals surface area contributed by atoms with Gasteiger partial charge in [-0.3, -0.25) is 19.4 Å². The molecule has 3 aromatic rings. The van der Waals surface area contributed by atoms with Crippen molar-refractivity contribution in [1.82, 2.24) is 9.88 Å². The Kier molecular flexibility index (Phi) is 5.12. The van der Waals surface area contributed by atoms with Gasteiger partial charge in [-0.1, -0.05) is 6.07 Å². The first-order valence-corrected chi connectivity index (χ1v) is 8.61. The molecule has 1 atom stereocenters. The average molecular weight is 380 g/mol. The standard InChI is InChI=1S/C20H20N4O4/c1-11(12-7-9-21-10-8-12)22-15-16(19(27)18(15)26)23-14-6-4-5-13(17(14)25)20(28)24(2)3/h4-11,22-23,25H,1-3H3. The summed E-state index contributed by atoms with van der Waals surface area (Å²) >= 11 is 0. The van der Waals surface area contributed by atoms with Crippen molar-refractivity contribution in [3.8, 4) is 5.75 Å². The van der Waals surface area contributed by atoms with Crippen LogP contribution in [0.1, 0.15) is 28.9 Å². The number of carbonyl (C=O) groups is 1. The van der Waals surface area contributed by atoms with Crippen LogP contribution in [0.4, 0.5) is 17.1 Å². The quantitative estimate of drug-likeness (QED) is 0.443. The van der Waals surface area contributed by atoms with Crippen molar-refractivity contribution in [2.75, 3.05) is 24.7 Å². The molecule has 1 amide bonds. The van der Waals surface area contributed by atoms with Gasteiger partial charge in [0.2, 0.25) is 0 Å². The van der Waals surface area contributed by atoms with E-state index in [1.54, 1.807) is 44.7 Å². The second kappa shape index (κ2) is 7.51. The van der Waals surface area contributed by atoms with Gasteiger partial charge in [-0.05, 0) is 36.8 Å². The summed E-state index contributed by atoms with van der Waals surface area (Å²) in [7, 11) is 3.14. The Balaban J connectivity index is 1.88. The summed E-state index contributed by atoms with van der Waals surface area (Å²) in [6, 6.07) is 7.96. The first kappa shape index (κ1) is 19.1. The molecular formula is C20H20N4O4. The minimum Gasteiger partial charge on any atom is -0.505 e. The maximum atomic E-state index is 12.2. The van der Waals surface area contributed by atoms with Crippen molar-refractivity contribution in [3.63, 3.8) is 0 Å². The van der Waals surface area contributed by atoms with Gasteiger partial charge in [-0.2, -0.15) is 0 Å². The zero-order valence-corrected chi connectivity index (χ0v) is 15.7. The number of nitrogens with zero attached hydrogens (tertiary/aromatic N) is 2. The summed E-state index contributed by atoms with van der Waals surface area (Å²) in [5.41, 5.74) is 0.0218. The van der Waals surface area contributed by atoms with Crippen molar-refractivity contribution in [1.29, 1.82) is 0 Å². The van der Waals surface area contributed by atoms with Crippen LogP contribution in [0.15, 0.2) is 52.3 Å². The van der Waals surface area contributed by atoms with Gasteiger partial charge in [-0.15, -0.1) is 0 Å². The number of hydrogen-bond acceptors (Lipinski definition) is 7. The van der Waals surface area contributed by atoms with Gasteiger partial charge in [0, 0.05) is 32.5 Å². The number of pyridine rings is 1. The summed E-state index contributed by atoms with van der Waals surface area (Å²) in [5, 5.41) is 16.2. The third kappa shape index (κ3) is 3.44. The van der Waals surface area contributed by atoms with Crippen molar-refractivity contribution in [2.45, 2.75) is 13.0 Å². The number of phenolic OH excluding ortho intramolecular Hbond substituents is 1. The molecule has 8 heteroatoms. The van der Waals surface area contributed by atoms with Crippen molar-refractivity contribution < 1.29 is 9.90 Å². The monoisotopic (exact) mass is 380 g/mol. The number of rotatable bonds is 6. The molecule has 0 radical (unpaired) electrons. The predicted octanol–water partition coefficient (Wildman–Crippen LogP) is 2.00. The Labute approximate surface area is 161 Å². The SMILES string of the molecule is CC(Nc1c(Nc2cccc(C(=O)N(C)C)c2O)c(=O)c1=O)c1ccncc1. The molecule has 3 rings (SSSR count). The highest BCUT2D eigenvalue weighted by Crippen LogP contribution is 2.32. The Morgan fingerprint density at radius 2 is 1.71 bits per heavy atom. The van der Waals surface area contributed by atoms with E-state index >= 15 is 0 Å². The van der Waals surface area contributed by atoms with Crippen LogP contribution in [0.25, 0.3) is 0 Å². The van der Waals surface area contributed by atoms with Gasteiger partial charge in [0.05, 0.1) is 11.3 Å². The first-order chi connectivity index (χ1) is 13.3. The highest BCUT2D eigenvalue weighted by Gasteiger charge is 2.24. The zero-order chi connectivity index (χ0) is 20.4. The van der Waals surface area contributed by atoms with Crippen LogP contribution in [0.3, 0.4) is 0 Å². The van der Waals surface area contributed by atoms with Crippen molar-refractivity contribution in [2.24, 2.45) is 0 Å². The lowest BCUT2D eigenvalue weighted by Gasteiger charge is -2.20. The topological polar surface area (TPSA) is 112 Å². The Morgan fingerprint density at radius 3 is 2.36 bits per heavy atom. The van der Waals surface area contributed by atoms with Crippen LogP contribution < -0.4 is 21.5 Å². The molecule has 0 spiro atoms. The van der Waals surface area contributed by atoms with E-state index < -0.39 is 10.9 Å². The Morgan fingerprint density at radius 1 is 1.07 bits per heavy atom. The largest absolute Gasteiger partial charge is 0.505 e. The maximum Gasteiger partial charge on any atom is 0.257 e. The summed E-state index contributed by atoms with van der Waals surface area (Å²) in [5.74, 6) is -0.668. The maximum absolute atomic E-state index is 12.2. The number of para-hydroxylation sites is 1. The lowest BCUT2D eigenvalue weighted by atomic mass is 10.1. The van der Waals surface area contributed by atoms with Crippen molar-refractivity contribution >= 4 is 23.0 Å². The third-order valence-electron chi connectivity index (χ3n) is 4.41. The lowest BCUT2D eigenvalue weighted by Crippen LogP contribution is -2.37. The molecule has 8 nitrogen and oxygen atoms in total. The van der Waals surface area contributed by atoms with Crippen LogP contribution in [0, 0.1) is 0 Å². The summed E-state index contributed by atoms with van der Waals surface area (Å²) < 4.78 is 0. The molecule has 2 aromatic carbocycles. The molecule has 0 bridgehead atoms. The molecule has 3 N–H and O–H groups in total. The summed E-state index contributed by atoms with van der Waals surface area (Å²) in [6.45, 7) is 1.85. The van der Waals surface area contributed by atoms with E-state index in [4.69, 9.17) is 0 Å². The predicted molar refractivity (Wildman–Crippen MR) is 107 cm³/mol. The average Bonchev–Trinajstić information content (AvgIpc) is 2.71. The fraction of sp³-hybridized carbons (Fsp3) is 0.200. The minimum absolute atomic E-state index is 0.0515. The molecule has 1 heterocycles. The fourth-order valence-corrected chi connectivity index (χ4v) is 2.79. The van der Waals surface area contributed by atoms with Gasteiger partial charge in [0.25, 0.3) is 16.8 Å². The molecular weight excluding hydrogens is 360 g/mol. The van der Waals surface area contributed by atoms with E-state index in [1.807, 2.05) is 6.92 Å². The zero-order valence-electron chi connectivity index (χ0n) is 15.7. The molecule has 0 saturated heterocycles. The fourth-order valence-electron chi connectivity index (χ4n) is 2.79. The molecule has 0 aliphatic rings. The van der Waals surface area contributed by atoms with E-state index in [-0.39, 0.29) is 40.3 Å². The number of anilines is 3. The van der Waals surface area contributed by atoms with Gasteiger partial charge >= 0.3 is 0 Å². The highest BCUT2D eigenvalue weighted by molar-refractivity contribution is 5.99. The first-order valence-electron chi connectivity index (χ1n) is 8.61. The molecule has 1 unspecified atom stereocenters. The molecule has 0 aliphatic heterocycles. The summed E-state index contributed by atoms with van der Waals surface area (Å²) in [6.07, 6.45) is 3.28. The van der Waals surface area contributed by atoms with Gasteiger partial charge in [0.15, 0.2) is 5.75 Å². The van der Waals surface area contributed by atoms with Crippen LogP contribution in [-0.2, 0) is 0 Å². The van der Waals surface area contributed by atoms with Crippen LogP contribution >= 0.6 is 0 Å². The number of nitrogens with one attached hydrogen (secondary N) is 2. The highest BCUT2D eigenvalue weighted by atomic mass is 16.3. The van der Waals surface area contributed by atoms with E-state index in [0.29, 0.717) is 0 Å². The number of benzene rings is 1. The van der Waals surface area contributed by atoms with Crippen molar-refractivity contribution in [3.05, 3.63) is 74.3 Å². The number of aromatic nitrogens is 1. The number of hydrogen-bond donors (Lipinski definition) is 3. The van der Waals surface area contributed by atoms with E-state index in [0.717, 1.165) is 5.56 Å². The summed E-state index contributed by atoms with van der Waals surface area (Å²) in [4.78, 5) is 41.5. The second-order valence-electron chi connectivity index (χ2n) is 6.58. The second-order valence-corrected chi connectivity index (χ2v) is 6.58. The molecule has 0 saturated carbocycles. The molecule has 144 valence electrons. The van der Waals surface area contributed by atoms with E-state index in [1.165, 1.54) is 17.0 Å². The van der Waals surface area contributed by atoms with Crippen LogP contribution in [-0.4, -0.2) is 35.0 Å². The van der Waals surface area contributed by atoms with Gasteiger partial charge < -0.3 is 20.6 Å². The normalized spacial score (nSPS) is 11.8. The van der Waals surface area contributed by atoms with Crippen LogP contribution in [0.2, 0.25) is 0 Å².